The largest absolute Gasteiger partial charge is 0.497 e. The minimum atomic E-state index is -0.0638. The molecule has 4 nitrogen and oxygen atoms in total. The molecule has 0 unspecified atom stereocenters. The number of hydrogen-bond donors (Lipinski definition) is 1. The van der Waals surface area contributed by atoms with Crippen LogP contribution in [-0.2, 0) is 11.8 Å². The van der Waals surface area contributed by atoms with E-state index in [1.807, 2.05) is 61.8 Å². The van der Waals surface area contributed by atoms with Gasteiger partial charge in [-0.05, 0) is 30.3 Å². The van der Waals surface area contributed by atoms with Crippen LogP contribution in [0.4, 0.5) is 5.69 Å². The van der Waals surface area contributed by atoms with Crippen LogP contribution in [0.5, 0.6) is 5.75 Å². The smallest absolute Gasteiger partial charge is 0.256 e. The van der Waals surface area contributed by atoms with Crippen LogP contribution in [0.3, 0.4) is 0 Å². The van der Waals surface area contributed by atoms with E-state index in [-0.39, 0.29) is 5.91 Å². The van der Waals surface area contributed by atoms with Gasteiger partial charge in [0.2, 0.25) is 0 Å². The molecule has 1 amide bonds. The number of nitrogens with zero attached hydrogens (tertiary/aromatic N) is 1. The summed E-state index contributed by atoms with van der Waals surface area (Å²) in [5.41, 5.74) is 4.60. The predicted molar refractivity (Wildman–Crippen MR) is 92.4 cm³/mol. The maximum absolute atomic E-state index is 12.3. The lowest BCUT2D eigenvalue weighted by atomic mass is 10.0. The highest BCUT2D eigenvalue weighted by atomic mass is 16.5. The Kier molecular flexibility index (Phi) is 2.98. The number of amides is 1. The molecule has 0 fully saturated rings. The lowest BCUT2D eigenvalue weighted by Gasteiger charge is -2.01. The molecule has 23 heavy (non-hydrogen) atoms. The number of carbonyl (C=O) groups is 1. The second kappa shape index (κ2) is 5.02. The Hall–Kier alpha value is -3.01. The lowest BCUT2D eigenvalue weighted by molar-refractivity contribution is -0.110. The van der Waals surface area contributed by atoms with Crippen molar-refractivity contribution < 1.29 is 9.53 Å². The maximum atomic E-state index is 12.3. The highest BCUT2D eigenvalue weighted by molar-refractivity contribution is 6.35. The molecular formula is C19H16N2O2. The highest BCUT2D eigenvalue weighted by Gasteiger charge is 2.23. The summed E-state index contributed by atoms with van der Waals surface area (Å²) in [7, 11) is 3.66. The average Bonchev–Trinajstić information content (AvgIpc) is 3.05. The van der Waals surface area contributed by atoms with E-state index in [0.29, 0.717) is 5.57 Å². The molecule has 1 aromatic heterocycles. The van der Waals surface area contributed by atoms with Crippen molar-refractivity contribution in [2.45, 2.75) is 0 Å². The van der Waals surface area contributed by atoms with Crippen molar-refractivity contribution in [1.29, 1.82) is 0 Å². The van der Waals surface area contributed by atoms with E-state index in [4.69, 9.17) is 4.74 Å². The fourth-order valence-electron chi connectivity index (χ4n) is 3.08. The molecule has 0 saturated heterocycles. The summed E-state index contributed by atoms with van der Waals surface area (Å²) in [5, 5.41) is 3.97. The Morgan fingerprint density at radius 2 is 2.00 bits per heavy atom. The van der Waals surface area contributed by atoms with Crippen molar-refractivity contribution in [3.8, 4) is 5.75 Å². The number of para-hydroxylation sites is 1. The number of nitrogens with one attached hydrogen (secondary N) is 1. The molecule has 2 aromatic carbocycles. The Balaban J connectivity index is 1.92. The summed E-state index contributed by atoms with van der Waals surface area (Å²) in [6, 6.07) is 13.7. The van der Waals surface area contributed by atoms with Gasteiger partial charge >= 0.3 is 0 Å². The molecule has 4 rings (SSSR count). The first kappa shape index (κ1) is 13.6. The van der Waals surface area contributed by atoms with E-state index >= 15 is 0 Å². The number of hydrogen-bond acceptors (Lipinski definition) is 2. The first-order chi connectivity index (χ1) is 11.2. The molecule has 0 aliphatic carbocycles. The molecule has 0 radical (unpaired) electrons. The minimum absolute atomic E-state index is 0.0638. The van der Waals surface area contributed by atoms with Gasteiger partial charge in [-0.15, -0.1) is 0 Å². The summed E-state index contributed by atoms with van der Waals surface area (Å²) in [5.74, 6) is 0.741. The third kappa shape index (κ3) is 2.11. The van der Waals surface area contributed by atoms with Gasteiger partial charge in [0.1, 0.15) is 5.75 Å². The summed E-state index contributed by atoms with van der Waals surface area (Å²) >= 11 is 0. The van der Waals surface area contributed by atoms with Gasteiger partial charge in [-0.25, -0.2) is 0 Å². The molecule has 4 heteroatoms. The Morgan fingerprint density at radius 3 is 2.83 bits per heavy atom. The van der Waals surface area contributed by atoms with Gasteiger partial charge in [-0.2, -0.15) is 0 Å². The second-order valence-corrected chi connectivity index (χ2v) is 5.64. The van der Waals surface area contributed by atoms with Gasteiger partial charge in [-0.1, -0.05) is 18.2 Å². The van der Waals surface area contributed by atoms with E-state index < -0.39 is 0 Å². The molecule has 0 bridgehead atoms. The van der Waals surface area contributed by atoms with Crippen LogP contribution in [-0.4, -0.2) is 17.6 Å². The summed E-state index contributed by atoms with van der Waals surface area (Å²) in [6.07, 6.45) is 3.98. The number of ether oxygens (including phenoxy) is 1. The monoisotopic (exact) mass is 304 g/mol. The zero-order valence-corrected chi connectivity index (χ0v) is 13.0. The minimum Gasteiger partial charge on any atom is -0.497 e. The first-order valence-electron chi connectivity index (χ1n) is 7.43. The van der Waals surface area contributed by atoms with Gasteiger partial charge in [-0.3, -0.25) is 4.79 Å². The topological polar surface area (TPSA) is 43.3 Å². The molecule has 2 heterocycles. The molecule has 0 spiro atoms. The van der Waals surface area contributed by atoms with E-state index in [1.54, 1.807) is 7.11 Å². The van der Waals surface area contributed by atoms with Crippen molar-refractivity contribution in [2.24, 2.45) is 7.05 Å². The number of benzene rings is 2. The molecule has 0 saturated carbocycles. The van der Waals surface area contributed by atoms with Gasteiger partial charge in [0.25, 0.3) is 5.91 Å². The Bertz CT molecular complexity index is 967. The van der Waals surface area contributed by atoms with Crippen LogP contribution in [0, 0.1) is 0 Å². The van der Waals surface area contributed by atoms with Crippen LogP contribution in [0.15, 0.2) is 48.7 Å². The van der Waals surface area contributed by atoms with Crippen LogP contribution >= 0.6 is 0 Å². The standard InChI is InChI=1S/C19H16N2O2/c1-21-11-12(15-10-13(23-2)7-8-18(15)21)9-16-14-5-3-4-6-17(14)20-19(16)22/h3-11H,1-2H3,(H,20,22). The first-order valence-corrected chi connectivity index (χ1v) is 7.43. The Morgan fingerprint density at radius 1 is 1.17 bits per heavy atom. The van der Waals surface area contributed by atoms with Gasteiger partial charge < -0.3 is 14.6 Å². The number of rotatable bonds is 2. The number of fused-ring (bicyclic) bond motifs is 2. The number of carbonyl (C=O) groups excluding carboxylic acids is 1. The van der Waals surface area contributed by atoms with Gasteiger partial charge in [0.05, 0.1) is 7.11 Å². The normalized spacial score (nSPS) is 15.0. The molecule has 3 aromatic rings. The molecule has 1 N–H and O–H groups in total. The number of methoxy groups -OCH3 is 1. The van der Waals surface area contributed by atoms with Crippen molar-refractivity contribution >= 4 is 34.1 Å². The van der Waals surface area contributed by atoms with Crippen LogP contribution in [0.1, 0.15) is 11.1 Å². The van der Waals surface area contributed by atoms with Crippen LogP contribution < -0.4 is 10.1 Å². The predicted octanol–water partition coefficient (Wildman–Crippen LogP) is 3.68. The fourth-order valence-corrected chi connectivity index (χ4v) is 3.08. The SMILES string of the molecule is COc1ccc2c(c1)c(C=C1C(=O)Nc3ccccc31)cn2C. The number of aromatic nitrogens is 1. The Labute approximate surface area is 134 Å². The zero-order chi connectivity index (χ0) is 16.0. The van der Waals surface area contributed by atoms with Gasteiger partial charge in [0.15, 0.2) is 0 Å². The summed E-state index contributed by atoms with van der Waals surface area (Å²) < 4.78 is 7.38. The van der Waals surface area contributed by atoms with E-state index in [2.05, 4.69) is 9.88 Å². The van der Waals surface area contributed by atoms with Crippen molar-refractivity contribution in [1.82, 2.24) is 4.57 Å². The zero-order valence-electron chi connectivity index (χ0n) is 13.0. The van der Waals surface area contributed by atoms with Crippen LogP contribution in [0.2, 0.25) is 0 Å². The van der Waals surface area contributed by atoms with E-state index in [0.717, 1.165) is 33.5 Å². The summed E-state index contributed by atoms with van der Waals surface area (Å²) in [6.45, 7) is 0. The second-order valence-electron chi connectivity index (χ2n) is 5.64. The lowest BCUT2D eigenvalue weighted by Crippen LogP contribution is -2.03. The summed E-state index contributed by atoms with van der Waals surface area (Å²) in [4.78, 5) is 12.3. The molecule has 1 aliphatic rings. The number of aryl methyl sites for hydroxylation is 1. The highest BCUT2D eigenvalue weighted by Crippen LogP contribution is 2.34. The molecule has 114 valence electrons. The van der Waals surface area contributed by atoms with E-state index in [1.165, 1.54) is 0 Å². The van der Waals surface area contributed by atoms with Crippen LogP contribution in [0.25, 0.3) is 22.6 Å². The number of anilines is 1. The molecule has 0 atom stereocenters. The maximum Gasteiger partial charge on any atom is 0.256 e. The fraction of sp³-hybridized carbons (Fsp3) is 0.105. The molecule has 1 aliphatic heterocycles. The van der Waals surface area contributed by atoms with Crippen molar-refractivity contribution in [3.63, 3.8) is 0 Å². The molecular weight excluding hydrogens is 288 g/mol. The van der Waals surface area contributed by atoms with Crippen molar-refractivity contribution in [3.05, 3.63) is 59.8 Å². The van der Waals surface area contributed by atoms with Gasteiger partial charge in [0, 0.05) is 46.5 Å². The van der Waals surface area contributed by atoms with Crippen molar-refractivity contribution in [2.75, 3.05) is 12.4 Å². The van der Waals surface area contributed by atoms with E-state index in [9.17, 15) is 4.79 Å². The third-order valence-electron chi connectivity index (χ3n) is 4.24. The average molecular weight is 304 g/mol. The quantitative estimate of drug-likeness (QED) is 0.734. The third-order valence-corrected chi connectivity index (χ3v) is 4.24.